The van der Waals surface area contributed by atoms with Crippen molar-refractivity contribution in [3.63, 3.8) is 0 Å². The maximum atomic E-state index is 12.6. The van der Waals surface area contributed by atoms with E-state index in [0.29, 0.717) is 19.4 Å². The van der Waals surface area contributed by atoms with Crippen LogP contribution in [0.3, 0.4) is 0 Å². The van der Waals surface area contributed by atoms with Gasteiger partial charge < -0.3 is 14.2 Å². The molecule has 0 saturated carbocycles. The summed E-state index contributed by atoms with van der Waals surface area (Å²) in [4.78, 5) is 25.0. The smallest absolute Gasteiger partial charge is 0.306 e. The van der Waals surface area contributed by atoms with Crippen LogP contribution in [0, 0.1) is 0 Å². The number of allylic oxidation sites excluding steroid dienone is 6. The van der Waals surface area contributed by atoms with Crippen LogP contribution in [-0.4, -0.2) is 37.9 Å². The Morgan fingerprint density at radius 3 is 1.38 bits per heavy atom. The lowest BCUT2D eigenvalue weighted by Crippen LogP contribution is -2.30. The van der Waals surface area contributed by atoms with Gasteiger partial charge in [0.15, 0.2) is 6.10 Å². The number of carbonyl (C=O) groups excluding carboxylic acids is 2. The second-order valence-corrected chi connectivity index (χ2v) is 14.3. The first-order valence-electron chi connectivity index (χ1n) is 21.5. The second-order valence-electron chi connectivity index (χ2n) is 14.3. The van der Waals surface area contributed by atoms with Crippen molar-refractivity contribution in [2.24, 2.45) is 0 Å². The molecule has 0 radical (unpaired) electrons. The molecule has 0 saturated heterocycles. The molecular formula is C45H82O5. The summed E-state index contributed by atoms with van der Waals surface area (Å²) in [6, 6.07) is 0. The van der Waals surface area contributed by atoms with Gasteiger partial charge in [0.2, 0.25) is 0 Å². The first kappa shape index (κ1) is 48.1. The Balaban J connectivity index is 4.08. The molecule has 0 rings (SSSR count). The molecule has 0 aromatic rings. The van der Waals surface area contributed by atoms with Crippen LogP contribution in [0.4, 0.5) is 0 Å². The van der Waals surface area contributed by atoms with Gasteiger partial charge in [0.25, 0.3) is 0 Å². The van der Waals surface area contributed by atoms with Crippen molar-refractivity contribution in [3.8, 4) is 0 Å². The maximum absolute atomic E-state index is 12.6. The van der Waals surface area contributed by atoms with E-state index in [4.69, 9.17) is 14.2 Å². The molecule has 1 unspecified atom stereocenters. The Bertz CT molecular complexity index is 801. The van der Waals surface area contributed by atoms with E-state index in [1.54, 1.807) is 0 Å². The summed E-state index contributed by atoms with van der Waals surface area (Å²) < 4.78 is 17.1. The lowest BCUT2D eigenvalue weighted by molar-refractivity contribution is -0.163. The molecule has 0 amide bonds. The number of ether oxygens (including phenoxy) is 3. The zero-order valence-corrected chi connectivity index (χ0v) is 33.4. The number of esters is 2. The summed E-state index contributed by atoms with van der Waals surface area (Å²) in [5, 5.41) is 0. The van der Waals surface area contributed by atoms with Gasteiger partial charge in [-0.1, -0.05) is 179 Å². The highest BCUT2D eigenvalue weighted by Gasteiger charge is 2.17. The Morgan fingerprint density at radius 2 is 0.840 bits per heavy atom. The molecule has 50 heavy (non-hydrogen) atoms. The van der Waals surface area contributed by atoms with Crippen molar-refractivity contribution in [2.45, 2.75) is 219 Å². The van der Waals surface area contributed by atoms with Crippen molar-refractivity contribution in [3.05, 3.63) is 36.5 Å². The molecule has 0 bridgehead atoms. The van der Waals surface area contributed by atoms with Gasteiger partial charge in [-0.25, -0.2) is 0 Å². The van der Waals surface area contributed by atoms with Crippen molar-refractivity contribution >= 4 is 11.9 Å². The van der Waals surface area contributed by atoms with Gasteiger partial charge in [-0.05, 0) is 57.8 Å². The van der Waals surface area contributed by atoms with Gasteiger partial charge in [-0.15, -0.1) is 0 Å². The predicted octanol–water partition coefficient (Wildman–Crippen LogP) is 13.9. The van der Waals surface area contributed by atoms with E-state index in [2.05, 4.69) is 57.2 Å². The molecule has 5 heteroatoms. The predicted molar refractivity (Wildman–Crippen MR) is 215 cm³/mol. The monoisotopic (exact) mass is 703 g/mol. The third kappa shape index (κ3) is 38.9. The molecule has 0 spiro atoms. The van der Waals surface area contributed by atoms with Gasteiger partial charge in [0, 0.05) is 19.4 Å². The summed E-state index contributed by atoms with van der Waals surface area (Å²) in [7, 11) is 0. The van der Waals surface area contributed by atoms with Gasteiger partial charge in [-0.3, -0.25) is 9.59 Å². The minimum atomic E-state index is -0.530. The van der Waals surface area contributed by atoms with Crippen LogP contribution in [0.5, 0.6) is 0 Å². The third-order valence-electron chi connectivity index (χ3n) is 9.18. The fourth-order valence-corrected chi connectivity index (χ4v) is 5.93. The lowest BCUT2D eigenvalue weighted by Gasteiger charge is -2.18. The Kier molecular flexibility index (Phi) is 40.0. The summed E-state index contributed by atoms with van der Waals surface area (Å²) in [6.07, 6.45) is 47.2. The van der Waals surface area contributed by atoms with Gasteiger partial charge in [0.05, 0.1) is 6.61 Å². The number of carbonyl (C=O) groups is 2. The molecule has 0 heterocycles. The topological polar surface area (TPSA) is 61.8 Å². The first-order valence-corrected chi connectivity index (χ1v) is 21.5. The van der Waals surface area contributed by atoms with Crippen LogP contribution in [-0.2, 0) is 23.8 Å². The van der Waals surface area contributed by atoms with E-state index in [1.165, 1.54) is 116 Å². The summed E-state index contributed by atoms with van der Waals surface area (Å²) in [5.41, 5.74) is 0. The number of rotatable bonds is 39. The summed E-state index contributed by atoms with van der Waals surface area (Å²) >= 11 is 0. The van der Waals surface area contributed by atoms with E-state index >= 15 is 0 Å². The average Bonchev–Trinajstić information content (AvgIpc) is 3.11. The van der Waals surface area contributed by atoms with E-state index < -0.39 is 6.10 Å². The molecular weight excluding hydrogens is 620 g/mol. The van der Waals surface area contributed by atoms with Crippen molar-refractivity contribution in [2.75, 3.05) is 19.8 Å². The fraction of sp³-hybridized carbons (Fsp3) is 0.822. The van der Waals surface area contributed by atoms with Gasteiger partial charge >= 0.3 is 11.9 Å². The maximum Gasteiger partial charge on any atom is 0.306 e. The highest BCUT2D eigenvalue weighted by atomic mass is 16.6. The van der Waals surface area contributed by atoms with Gasteiger partial charge in [0.1, 0.15) is 6.61 Å². The molecule has 0 fully saturated rings. The minimum Gasteiger partial charge on any atom is -0.462 e. The molecule has 0 aliphatic heterocycles. The zero-order valence-electron chi connectivity index (χ0n) is 33.4. The minimum absolute atomic E-state index is 0.0817. The van der Waals surface area contributed by atoms with E-state index in [9.17, 15) is 9.59 Å². The highest BCUT2D eigenvalue weighted by Crippen LogP contribution is 2.13. The van der Waals surface area contributed by atoms with Crippen molar-refractivity contribution < 1.29 is 23.8 Å². The van der Waals surface area contributed by atoms with Crippen molar-refractivity contribution in [1.29, 1.82) is 0 Å². The van der Waals surface area contributed by atoms with Crippen LogP contribution in [0.15, 0.2) is 36.5 Å². The van der Waals surface area contributed by atoms with Crippen LogP contribution < -0.4 is 0 Å². The number of unbranched alkanes of at least 4 members (excludes halogenated alkanes) is 22. The van der Waals surface area contributed by atoms with Gasteiger partial charge in [-0.2, -0.15) is 0 Å². The lowest BCUT2D eigenvalue weighted by atomic mass is 10.1. The number of hydrogen-bond donors (Lipinski definition) is 0. The van der Waals surface area contributed by atoms with Crippen LogP contribution >= 0.6 is 0 Å². The van der Waals surface area contributed by atoms with E-state index in [-0.39, 0.29) is 25.2 Å². The standard InChI is InChI=1S/C45H82O5/c1-4-7-10-13-16-18-19-20-21-22-23-24-25-26-27-29-30-32-35-38-44(46)49-42-43(41-48-40-37-34-15-12-9-6-3)50-45(47)39-36-33-31-28-17-14-11-8-5-2/h16,18,20-21,23-24,43H,4-15,17,19,22,25-42H2,1-3H3/b18-16-,21-20-,24-23-. The molecule has 292 valence electrons. The largest absolute Gasteiger partial charge is 0.462 e. The molecule has 5 nitrogen and oxygen atoms in total. The highest BCUT2D eigenvalue weighted by molar-refractivity contribution is 5.70. The fourth-order valence-electron chi connectivity index (χ4n) is 5.93. The Hall–Kier alpha value is -1.88. The molecule has 0 aliphatic carbocycles. The summed E-state index contributed by atoms with van der Waals surface area (Å²) in [6.45, 7) is 7.74. The number of hydrogen-bond acceptors (Lipinski definition) is 5. The molecule has 0 N–H and O–H groups in total. The van der Waals surface area contributed by atoms with Crippen LogP contribution in [0.25, 0.3) is 0 Å². The zero-order chi connectivity index (χ0) is 36.4. The Morgan fingerprint density at radius 1 is 0.440 bits per heavy atom. The van der Waals surface area contributed by atoms with Crippen LogP contribution in [0.2, 0.25) is 0 Å². The summed E-state index contributed by atoms with van der Waals surface area (Å²) in [5.74, 6) is -0.413. The Labute approximate surface area is 310 Å². The van der Waals surface area contributed by atoms with Crippen LogP contribution in [0.1, 0.15) is 213 Å². The van der Waals surface area contributed by atoms with E-state index in [0.717, 1.165) is 64.2 Å². The van der Waals surface area contributed by atoms with Crippen molar-refractivity contribution in [1.82, 2.24) is 0 Å². The molecule has 0 aromatic heterocycles. The molecule has 1 atom stereocenters. The molecule has 0 aliphatic rings. The average molecular weight is 703 g/mol. The second kappa shape index (κ2) is 41.5. The molecule has 0 aromatic carbocycles. The van der Waals surface area contributed by atoms with E-state index in [1.807, 2.05) is 0 Å². The third-order valence-corrected chi connectivity index (χ3v) is 9.18. The quantitative estimate of drug-likeness (QED) is 0.0362. The normalized spacial score (nSPS) is 12.5. The first-order chi connectivity index (χ1) is 24.6. The SMILES string of the molecule is CCCCC/C=C\C/C=C\C/C=C\CCCCCCCCC(=O)OCC(COCCCCCCCC)OC(=O)CCCCCCCCCCC.